The third-order valence-corrected chi connectivity index (χ3v) is 11.5. The molecule has 0 spiro atoms. The molecular weight excluding hydrogens is 492 g/mol. The lowest BCUT2D eigenvalue weighted by Gasteiger charge is -2.61. The van der Waals surface area contributed by atoms with Crippen LogP contribution in [0.1, 0.15) is 65.4 Å². The maximum Gasteiger partial charge on any atom is 0.333 e. The predicted octanol–water partition coefficient (Wildman–Crippen LogP) is 4.61. The molecule has 0 amide bonds. The zero-order valence-electron chi connectivity index (χ0n) is 22.5. The number of hydrogen-bond acceptors (Lipinski definition) is 7. The Morgan fingerprint density at radius 1 is 1.19 bits per heavy atom. The quantitative estimate of drug-likeness (QED) is 0.324. The Labute approximate surface area is 220 Å². The Bertz CT molecular complexity index is 1180. The molecule has 2 unspecified atom stereocenters. The van der Waals surface area contributed by atoms with Crippen molar-refractivity contribution in [2.45, 2.75) is 83.8 Å². The van der Waals surface area contributed by atoms with E-state index >= 15 is 0 Å². The van der Waals surface area contributed by atoms with Crippen molar-refractivity contribution < 1.29 is 32.0 Å². The number of ether oxygens (including phenoxy) is 1. The van der Waals surface area contributed by atoms with E-state index in [4.69, 9.17) is 8.92 Å². The van der Waals surface area contributed by atoms with E-state index in [0.717, 1.165) is 18.4 Å². The molecule has 37 heavy (non-hydrogen) atoms. The molecule has 3 aliphatic carbocycles. The molecule has 0 radical (unpaired) electrons. The summed E-state index contributed by atoms with van der Waals surface area (Å²) in [5, 5.41) is 11.6. The second kappa shape index (κ2) is 9.62. The Balaban J connectivity index is 1.65. The van der Waals surface area contributed by atoms with E-state index < -0.39 is 45.7 Å². The van der Waals surface area contributed by atoms with Gasteiger partial charge in [0.15, 0.2) is 6.61 Å². The standard InChI is InChI=1S/C29H40O7S/c1-7-27(5)16-23(36-24(31)17-35-37(33,34)21-10-8-18(2)9-11-21)28(6)19(3)12-14-29(20(4)26(27)32)15-13-22(30)25(28)29/h7-11,19-20,23,25-26,32H,1,12-17H2,2-6H3/t19?,20-,23+,25-,26-,27+,28-,29?/m0/s1. The van der Waals surface area contributed by atoms with Gasteiger partial charge < -0.3 is 9.84 Å². The van der Waals surface area contributed by atoms with Crippen LogP contribution in [-0.4, -0.2) is 44.1 Å². The third kappa shape index (κ3) is 4.49. The van der Waals surface area contributed by atoms with Crippen molar-refractivity contribution in [3.8, 4) is 0 Å². The molecule has 8 atom stereocenters. The normalized spacial score (nSPS) is 39.8. The first-order chi connectivity index (χ1) is 17.2. The Hall–Kier alpha value is -2.03. The highest BCUT2D eigenvalue weighted by atomic mass is 32.2. The fourth-order valence-electron chi connectivity index (χ4n) is 7.59. The summed E-state index contributed by atoms with van der Waals surface area (Å²) < 4.78 is 36.3. The molecule has 1 N–H and O–H groups in total. The summed E-state index contributed by atoms with van der Waals surface area (Å²) in [6, 6.07) is 6.17. The van der Waals surface area contributed by atoms with Gasteiger partial charge in [-0.25, -0.2) is 4.79 Å². The highest BCUT2D eigenvalue weighted by molar-refractivity contribution is 7.86. The summed E-state index contributed by atoms with van der Waals surface area (Å²) in [5.74, 6) is -1.05. The maximum absolute atomic E-state index is 13.4. The highest BCUT2D eigenvalue weighted by Gasteiger charge is 2.68. The number of ketones is 1. The Morgan fingerprint density at radius 3 is 2.46 bits per heavy atom. The highest BCUT2D eigenvalue weighted by Crippen LogP contribution is 2.68. The fourth-order valence-corrected chi connectivity index (χ4v) is 8.45. The van der Waals surface area contributed by atoms with Crippen LogP contribution in [0.3, 0.4) is 0 Å². The number of carbonyl (C=O) groups excluding carboxylic acids is 2. The van der Waals surface area contributed by atoms with Crippen LogP contribution in [0.2, 0.25) is 0 Å². The van der Waals surface area contributed by atoms with E-state index in [1.54, 1.807) is 18.2 Å². The van der Waals surface area contributed by atoms with E-state index in [1.165, 1.54) is 12.1 Å². The predicted molar refractivity (Wildman–Crippen MR) is 139 cm³/mol. The molecule has 3 saturated carbocycles. The van der Waals surface area contributed by atoms with Gasteiger partial charge >= 0.3 is 5.97 Å². The number of rotatable bonds is 6. The van der Waals surface area contributed by atoms with Crippen LogP contribution in [0.25, 0.3) is 0 Å². The van der Waals surface area contributed by atoms with Crippen LogP contribution in [0, 0.1) is 40.9 Å². The van der Waals surface area contributed by atoms with Crippen LogP contribution in [0.5, 0.6) is 0 Å². The van der Waals surface area contributed by atoms with E-state index in [2.05, 4.69) is 13.5 Å². The summed E-state index contributed by atoms with van der Waals surface area (Å²) in [6.45, 7) is 13.2. The van der Waals surface area contributed by atoms with Gasteiger partial charge in [-0.2, -0.15) is 8.42 Å². The van der Waals surface area contributed by atoms with Crippen LogP contribution < -0.4 is 0 Å². The second-order valence-corrected chi connectivity index (χ2v) is 13.7. The third-order valence-electron chi connectivity index (χ3n) is 10.2. The van der Waals surface area contributed by atoms with Gasteiger partial charge in [0, 0.05) is 23.2 Å². The van der Waals surface area contributed by atoms with Gasteiger partial charge in [-0.05, 0) is 62.0 Å². The first-order valence-corrected chi connectivity index (χ1v) is 14.6. The van der Waals surface area contributed by atoms with Crippen molar-refractivity contribution >= 4 is 21.9 Å². The van der Waals surface area contributed by atoms with Gasteiger partial charge in [-0.3, -0.25) is 8.98 Å². The van der Waals surface area contributed by atoms with Gasteiger partial charge in [0.25, 0.3) is 10.1 Å². The van der Waals surface area contributed by atoms with Crippen molar-refractivity contribution in [1.82, 2.24) is 0 Å². The lowest BCUT2D eigenvalue weighted by Crippen LogP contribution is -2.63. The van der Waals surface area contributed by atoms with Crippen LogP contribution in [0.15, 0.2) is 41.8 Å². The molecule has 4 rings (SSSR count). The topological polar surface area (TPSA) is 107 Å². The monoisotopic (exact) mass is 532 g/mol. The number of hydrogen-bond donors (Lipinski definition) is 1. The molecule has 0 aliphatic heterocycles. The minimum atomic E-state index is -4.15. The van der Waals surface area contributed by atoms with E-state index in [0.29, 0.717) is 12.8 Å². The summed E-state index contributed by atoms with van der Waals surface area (Å²) in [6.07, 6.45) is 3.37. The number of aliphatic hydroxyl groups excluding tert-OH is 1. The van der Waals surface area contributed by atoms with Gasteiger partial charge in [0.05, 0.1) is 11.0 Å². The summed E-state index contributed by atoms with van der Waals surface area (Å²) in [7, 11) is -4.15. The molecule has 0 saturated heterocycles. The first-order valence-electron chi connectivity index (χ1n) is 13.2. The van der Waals surface area contributed by atoms with Gasteiger partial charge in [0.1, 0.15) is 11.9 Å². The fraction of sp³-hybridized carbons (Fsp3) is 0.655. The Kier molecular flexibility index (Phi) is 7.27. The van der Waals surface area contributed by atoms with Crippen LogP contribution >= 0.6 is 0 Å². The van der Waals surface area contributed by atoms with Crippen molar-refractivity contribution in [2.24, 2.45) is 34.0 Å². The SMILES string of the molecule is C=C[C@]1(C)C[C@@H](OC(=O)COS(=O)(=O)c2ccc(C)cc2)[C@]2(C)C(C)CCC3(CCC(=O)[C@H]32)[C@@H](C)[C@@H]1O. The summed E-state index contributed by atoms with van der Waals surface area (Å²) in [5.41, 5.74) is -0.910. The zero-order chi connectivity index (χ0) is 27.4. The molecule has 0 heterocycles. The first kappa shape index (κ1) is 28.0. The van der Waals surface area contributed by atoms with Gasteiger partial charge in [-0.15, -0.1) is 6.58 Å². The average Bonchev–Trinajstić information content (AvgIpc) is 3.21. The summed E-state index contributed by atoms with van der Waals surface area (Å²) >= 11 is 0. The van der Waals surface area contributed by atoms with Crippen molar-refractivity contribution in [3.05, 3.63) is 42.5 Å². The molecule has 7 nitrogen and oxygen atoms in total. The van der Waals surface area contributed by atoms with Crippen LogP contribution in [0.4, 0.5) is 0 Å². The molecule has 3 aliphatic rings. The average molecular weight is 533 g/mol. The van der Waals surface area contributed by atoms with E-state index in [9.17, 15) is 23.1 Å². The number of esters is 1. The van der Waals surface area contributed by atoms with Crippen molar-refractivity contribution in [1.29, 1.82) is 0 Å². The summed E-state index contributed by atoms with van der Waals surface area (Å²) in [4.78, 5) is 26.5. The number of Topliss-reactive ketones (excluding diaryl/α,β-unsaturated/α-hetero) is 1. The molecule has 0 aromatic heterocycles. The van der Waals surface area contributed by atoms with E-state index in [1.807, 2.05) is 27.7 Å². The van der Waals surface area contributed by atoms with Crippen LogP contribution in [-0.2, 0) is 28.6 Å². The van der Waals surface area contributed by atoms with Crippen molar-refractivity contribution in [3.63, 3.8) is 0 Å². The molecule has 2 bridgehead atoms. The minimum Gasteiger partial charge on any atom is -0.460 e. The lowest BCUT2D eigenvalue weighted by atomic mass is 9.44. The number of benzene rings is 1. The zero-order valence-corrected chi connectivity index (χ0v) is 23.3. The molecule has 1 aromatic carbocycles. The molecule has 3 fully saturated rings. The molecule has 204 valence electrons. The molecular formula is C29H40O7S. The largest absolute Gasteiger partial charge is 0.460 e. The van der Waals surface area contributed by atoms with Crippen molar-refractivity contribution in [2.75, 3.05) is 6.61 Å². The number of aliphatic hydroxyl groups is 1. The number of aryl methyl sites for hydroxylation is 1. The Morgan fingerprint density at radius 2 is 1.84 bits per heavy atom. The van der Waals surface area contributed by atoms with Gasteiger partial charge in [-0.1, -0.05) is 51.5 Å². The van der Waals surface area contributed by atoms with E-state index in [-0.39, 0.29) is 40.3 Å². The maximum atomic E-state index is 13.4. The second-order valence-electron chi connectivity index (χ2n) is 12.1. The lowest BCUT2D eigenvalue weighted by molar-refractivity contribution is -0.207. The minimum absolute atomic E-state index is 0.0394. The van der Waals surface area contributed by atoms with Gasteiger partial charge in [0.2, 0.25) is 0 Å². The molecule has 8 heteroatoms. The smallest absolute Gasteiger partial charge is 0.333 e. The molecule has 1 aromatic rings. The number of carbonyl (C=O) groups is 2.